The van der Waals surface area contributed by atoms with Gasteiger partial charge in [0.25, 0.3) is 0 Å². The van der Waals surface area contributed by atoms with E-state index < -0.39 is 24.3 Å². The molecule has 44 heavy (non-hydrogen) atoms. The third-order valence-corrected chi connectivity index (χ3v) is 9.88. The van der Waals surface area contributed by atoms with Crippen LogP contribution < -0.4 is 9.64 Å². The lowest BCUT2D eigenvalue weighted by atomic mass is 9.73. The van der Waals surface area contributed by atoms with Crippen molar-refractivity contribution in [2.75, 3.05) is 11.5 Å². The first-order valence-electron chi connectivity index (χ1n) is 14.5. The normalized spacial score (nSPS) is 23.5. The number of fused-ring (bicyclic) bond motifs is 5. The van der Waals surface area contributed by atoms with Crippen molar-refractivity contribution in [3.8, 4) is 5.75 Å². The molecule has 0 radical (unpaired) electrons. The molecule has 2 heterocycles. The van der Waals surface area contributed by atoms with E-state index in [0.717, 1.165) is 12.8 Å². The molecule has 1 aromatic heterocycles. The first kappa shape index (κ1) is 27.9. The van der Waals surface area contributed by atoms with Crippen LogP contribution >= 0.6 is 11.3 Å². The molecule has 2 saturated carbocycles. The summed E-state index contributed by atoms with van der Waals surface area (Å²) in [5, 5.41) is 1.77. The van der Waals surface area contributed by atoms with Crippen molar-refractivity contribution >= 4 is 46.6 Å². The number of anilines is 1. The number of carbonyl (C=O) groups is 5. The predicted octanol–water partition coefficient (Wildman–Crippen LogP) is 5.94. The van der Waals surface area contributed by atoms with E-state index in [1.807, 2.05) is 18.2 Å². The van der Waals surface area contributed by atoms with E-state index in [1.165, 1.54) is 58.2 Å². The van der Waals surface area contributed by atoms with Crippen molar-refractivity contribution in [1.82, 2.24) is 0 Å². The van der Waals surface area contributed by atoms with E-state index in [1.54, 1.807) is 29.6 Å². The van der Waals surface area contributed by atoms with Gasteiger partial charge in [-0.25, -0.2) is 9.59 Å². The number of esters is 2. The van der Waals surface area contributed by atoms with Crippen molar-refractivity contribution in [2.45, 2.75) is 18.8 Å². The maximum Gasteiger partial charge on any atom is 0.353 e. The van der Waals surface area contributed by atoms with Crippen molar-refractivity contribution in [1.29, 1.82) is 0 Å². The number of Topliss-reactive ketones (excluding diaryl/α,β-unsaturated/α-hetero) is 1. The first-order chi connectivity index (χ1) is 21.4. The molecule has 0 unspecified atom stereocenters. The van der Waals surface area contributed by atoms with Crippen LogP contribution in [0.1, 0.15) is 54.7 Å². The lowest BCUT2D eigenvalue weighted by Crippen LogP contribution is -2.33. The molecule has 220 valence electrons. The molecule has 1 aliphatic heterocycles. The molecule has 8 nitrogen and oxygen atoms in total. The highest BCUT2D eigenvalue weighted by molar-refractivity contribution is 7.12. The highest BCUT2D eigenvalue weighted by Gasteiger charge is 2.64. The molecular weight excluding hydrogens is 578 g/mol. The molecule has 7 rings (SSSR count). The van der Waals surface area contributed by atoms with Gasteiger partial charge in [0.2, 0.25) is 11.8 Å². The summed E-state index contributed by atoms with van der Waals surface area (Å²) < 4.78 is 10.6. The standard InChI is InChI=1S/C35H27NO7S/c37-28(21-11-13-25(14-12-21)43-35(41)29-10-5-15-44-29)19-42-34(40)22-8-4-9-24(16-22)36-32(38)30-23-17-26(20-6-2-1-3-7-20)27(18-23)31(30)33(36)39/h1-16,23,26-27,30-31H,17-19H2/t23-,26-,27+,30-,31-/m1/s1. The molecule has 9 heteroatoms. The monoisotopic (exact) mass is 605 g/mol. The zero-order valence-corrected chi connectivity index (χ0v) is 24.3. The Hall–Kier alpha value is -4.89. The van der Waals surface area contributed by atoms with Crippen LogP contribution in [0.25, 0.3) is 0 Å². The van der Waals surface area contributed by atoms with Gasteiger partial charge in [0.15, 0.2) is 12.4 Å². The molecule has 5 atom stereocenters. The third kappa shape index (κ3) is 4.93. The number of benzene rings is 3. The number of imide groups is 1. The Morgan fingerprint density at radius 1 is 0.773 bits per heavy atom. The molecule has 2 aliphatic carbocycles. The van der Waals surface area contributed by atoms with Crippen LogP contribution in [0.15, 0.2) is 96.4 Å². The van der Waals surface area contributed by atoms with Crippen LogP contribution in [-0.4, -0.2) is 36.1 Å². The van der Waals surface area contributed by atoms with E-state index in [2.05, 4.69) is 12.1 Å². The Labute approximate surface area is 257 Å². The number of hydrogen-bond acceptors (Lipinski definition) is 8. The second kappa shape index (κ2) is 11.3. The van der Waals surface area contributed by atoms with Gasteiger partial charge in [0.05, 0.1) is 23.1 Å². The minimum Gasteiger partial charge on any atom is -0.454 e. The van der Waals surface area contributed by atoms with Gasteiger partial charge in [-0.2, -0.15) is 0 Å². The lowest BCUT2D eigenvalue weighted by Gasteiger charge is -2.28. The van der Waals surface area contributed by atoms with E-state index >= 15 is 0 Å². The Balaban J connectivity index is 0.991. The van der Waals surface area contributed by atoms with Gasteiger partial charge in [-0.05, 0) is 90.1 Å². The summed E-state index contributed by atoms with van der Waals surface area (Å²) in [6.07, 6.45) is 1.77. The highest BCUT2D eigenvalue weighted by atomic mass is 32.1. The topological polar surface area (TPSA) is 107 Å². The van der Waals surface area contributed by atoms with Gasteiger partial charge in [0.1, 0.15) is 10.6 Å². The summed E-state index contributed by atoms with van der Waals surface area (Å²) in [6.45, 7) is -0.507. The summed E-state index contributed by atoms with van der Waals surface area (Å²) >= 11 is 1.27. The minimum atomic E-state index is -0.745. The summed E-state index contributed by atoms with van der Waals surface area (Å²) in [5.74, 6) is -1.94. The Bertz CT molecular complexity index is 1770. The summed E-state index contributed by atoms with van der Waals surface area (Å²) in [6, 6.07) is 25.8. The fourth-order valence-corrected chi connectivity index (χ4v) is 7.73. The van der Waals surface area contributed by atoms with Gasteiger partial charge in [-0.1, -0.05) is 42.5 Å². The first-order valence-corrected chi connectivity index (χ1v) is 15.4. The third-order valence-electron chi connectivity index (χ3n) is 9.03. The second-order valence-corrected chi connectivity index (χ2v) is 12.4. The zero-order chi connectivity index (χ0) is 30.4. The zero-order valence-electron chi connectivity index (χ0n) is 23.5. The van der Waals surface area contributed by atoms with Crippen LogP contribution in [0, 0.1) is 23.7 Å². The number of carbonyl (C=O) groups excluding carboxylic acids is 5. The van der Waals surface area contributed by atoms with Crippen LogP contribution in [0.3, 0.4) is 0 Å². The average Bonchev–Trinajstić information content (AvgIpc) is 3.85. The Morgan fingerprint density at radius 3 is 2.30 bits per heavy atom. The number of nitrogens with zero attached hydrogens (tertiary/aromatic N) is 1. The van der Waals surface area contributed by atoms with Crippen molar-refractivity contribution < 1.29 is 33.4 Å². The summed E-state index contributed by atoms with van der Waals surface area (Å²) in [5.41, 5.74) is 1.96. The maximum absolute atomic E-state index is 13.7. The van der Waals surface area contributed by atoms with Crippen LogP contribution in [-0.2, 0) is 14.3 Å². The van der Waals surface area contributed by atoms with Crippen molar-refractivity contribution in [3.05, 3.63) is 118 Å². The van der Waals surface area contributed by atoms with Gasteiger partial charge in [-0.15, -0.1) is 11.3 Å². The second-order valence-electron chi connectivity index (χ2n) is 11.4. The number of thiophene rings is 1. The number of ether oxygens (including phenoxy) is 2. The van der Waals surface area contributed by atoms with E-state index in [-0.39, 0.29) is 58.3 Å². The van der Waals surface area contributed by atoms with Gasteiger partial charge in [-0.3, -0.25) is 19.3 Å². The summed E-state index contributed by atoms with van der Waals surface area (Å²) in [4.78, 5) is 66.6. The summed E-state index contributed by atoms with van der Waals surface area (Å²) in [7, 11) is 0. The molecule has 1 saturated heterocycles. The number of rotatable bonds is 8. The SMILES string of the molecule is O=C(COC(=O)c1cccc(N2C(=O)[C@@H]3[C@H]4C[C@H]([C@H]3C2=O)[C@@H](c2ccccc2)C4)c1)c1ccc(OC(=O)c2cccs2)cc1. The smallest absolute Gasteiger partial charge is 0.353 e. The van der Waals surface area contributed by atoms with Gasteiger partial charge in [0, 0.05) is 5.56 Å². The molecule has 0 N–H and O–H groups in total. The fraction of sp³-hybridized carbons (Fsp3) is 0.229. The minimum absolute atomic E-state index is 0.120. The molecular formula is C35H27NO7S. The molecule has 2 amide bonds. The number of hydrogen-bond donors (Lipinski definition) is 0. The fourth-order valence-electron chi connectivity index (χ4n) is 7.13. The van der Waals surface area contributed by atoms with E-state index in [9.17, 15) is 24.0 Å². The Kier molecular flexibility index (Phi) is 7.18. The van der Waals surface area contributed by atoms with Crippen LogP contribution in [0.2, 0.25) is 0 Å². The molecule has 3 aliphatic rings. The van der Waals surface area contributed by atoms with Crippen molar-refractivity contribution in [3.63, 3.8) is 0 Å². The number of amides is 2. The Morgan fingerprint density at radius 2 is 1.55 bits per heavy atom. The van der Waals surface area contributed by atoms with Gasteiger partial charge >= 0.3 is 11.9 Å². The van der Waals surface area contributed by atoms with Gasteiger partial charge < -0.3 is 9.47 Å². The molecule has 2 bridgehead atoms. The maximum atomic E-state index is 13.7. The molecule has 0 spiro atoms. The predicted molar refractivity (Wildman–Crippen MR) is 162 cm³/mol. The molecule has 4 aromatic rings. The highest BCUT2D eigenvalue weighted by Crippen LogP contribution is 2.61. The number of ketones is 1. The van der Waals surface area contributed by atoms with E-state index in [0.29, 0.717) is 10.6 Å². The van der Waals surface area contributed by atoms with Crippen molar-refractivity contribution in [2.24, 2.45) is 23.7 Å². The van der Waals surface area contributed by atoms with E-state index in [4.69, 9.17) is 9.47 Å². The quantitative estimate of drug-likeness (QED) is 0.106. The van der Waals surface area contributed by atoms with Crippen LogP contribution in [0.4, 0.5) is 5.69 Å². The largest absolute Gasteiger partial charge is 0.454 e. The average molecular weight is 606 g/mol. The van der Waals surface area contributed by atoms with Crippen LogP contribution in [0.5, 0.6) is 5.75 Å². The molecule has 3 aromatic carbocycles. The molecule has 3 fully saturated rings. The lowest BCUT2D eigenvalue weighted by molar-refractivity contribution is -0.123.